The van der Waals surface area contributed by atoms with Crippen LogP contribution in [-0.4, -0.2) is 34.7 Å². The Balaban J connectivity index is 2.95. The summed E-state index contributed by atoms with van der Waals surface area (Å²) >= 11 is 0. The van der Waals surface area contributed by atoms with E-state index in [2.05, 4.69) is 5.10 Å². The van der Waals surface area contributed by atoms with Crippen LogP contribution in [-0.2, 0) is 4.79 Å². The molecule has 0 aliphatic heterocycles. The zero-order valence-corrected chi connectivity index (χ0v) is 8.98. The van der Waals surface area contributed by atoms with Gasteiger partial charge in [0.25, 0.3) is 0 Å². The molecular formula is C9H16N4O. The number of aromatic nitrogens is 2. The first-order valence-corrected chi connectivity index (χ1v) is 4.46. The van der Waals surface area contributed by atoms with Crippen molar-refractivity contribution in [2.24, 2.45) is 0 Å². The number of nitrogens with zero attached hydrogens (tertiary/aromatic N) is 3. The molecule has 1 heterocycles. The first-order chi connectivity index (χ1) is 6.45. The van der Waals surface area contributed by atoms with Crippen molar-refractivity contribution in [1.29, 1.82) is 0 Å². The highest BCUT2D eigenvalue weighted by Crippen LogP contribution is 2.15. The number of carbonyl (C=O) groups is 1. The molecule has 0 saturated carbocycles. The highest BCUT2D eigenvalue weighted by Gasteiger charge is 2.19. The molecular weight excluding hydrogens is 180 g/mol. The molecule has 0 spiro atoms. The summed E-state index contributed by atoms with van der Waals surface area (Å²) in [7, 11) is 3.45. The molecule has 1 rings (SSSR count). The van der Waals surface area contributed by atoms with Gasteiger partial charge in [0.2, 0.25) is 5.91 Å². The summed E-state index contributed by atoms with van der Waals surface area (Å²) in [4.78, 5) is 13.2. The fourth-order valence-corrected chi connectivity index (χ4v) is 1.31. The number of anilines is 1. The highest BCUT2D eigenvalue weighted by atomic mass is 16.2. The number of hydrogen-bond acceptors (Lipinski definition) is 3. The average Bonchev–Trinajstić information content (AvgIpc) is 2.45. The van der Waals surface area contributed by atoms with E-state index in [9.17, 15) is 4.79 Å². The number of nitrogens with two attached hydrogens (primary N) is 1. The summed E-state index contributed by atoms with van der Waals surface area (Å²) < 4.78 is 1.64. The molecule has 0 aliphatic rings. The molecule has 78 valence electrons. The lowest BCUT2D eigenvalue weighted by molar-refractivity contribution is -0.132. The largest absolute Gasteiger partial charge is 0.396 e. The minimum absolute atomic E-state index is 0.0104. The Hall–Kier alpha value is -1.52. The van der Waals surface area contributed by atoms with E-state index in [0.29, 0.717) is 5.69 Å². The van der Waals surface area contributed by atoms with Crippen molar-refractivity contribution < 1.29 is 4.79 Å². The second kappa shape index (κ2) is 3.69. The second-order valence-corrected chi connectivity index (χ2v) is 3.54. The first kappa shape index (κ1) is 10.6. The third kappa shape index (κ3) is 1.71. The summed E-state index contributed by atoms with van der Waals surface area (Å²) in [6.07, 6.45) is 1.56. The molecule has 0 saturated heterocycles. The van der Waals surface area contributed by atoms with Crippen LogP contribution in [0.5, 0.6) is 0 Å². The molecule has 0 fully saturated rings. The molecule has 5 nitrogen and oxygen atoms in total. The van der Waals surface area contributed by atoms with Crippen LogP contribution in [0, 0.1) is 6.92 Å². The van der Waals surface area contributed by atoms with Gasteiger partial charge in [-0.3, -0.25) is 9.48 Å². The molecule has 0 aromatic carbocycles. The predicted octanol–water partition coefficient (Wildman–Crippen LogP) is 0.423. The van der Waals surface area contributed by atoms with Crippen LogP contribution >= 0.6 is 0 Å². The number of carbonyl (C=O) groups excluding carboxylic acids is 1. The maximum Gasteiger partial charge on any atom is 0.246 e. The van der Waals surface area contributed by atoms with Crippen LogP contribution in [0.4, 0.5) is 5.69 Å². The van der Waals surface area contributed by atoms with Gasteiger partial charge in [-0.1, -0.05) is 0 Å². The van der Waals surface area contributed by atoms with Crippen molar-refractivity contribution in [3.8, 4) is 0 Å². The van der Waals surface area contributed by atoms with Gasteiger partial charge in [0, 0.05) is 14.1 Å². The van der Waals surface area contributed by atoms with Crippen LogP contribution in [0.1, 0.15) is 18.7 Å². The van der Waals surface area contributed by atoms with Gasteiger partial charge in [-0.2, -0.15) is 5.10 Å². The molecule has 5 heteroatoms. The van der Waals surface area contributed by atoms with Crippen molar-refractivity contribution in [3.05, 3.63) is 11.9 Å². The van der Waals surface area contributed by atoms with Crippen molar-refractivity contribution in [3.63, 3.8) is 0 Å². The molecule has 0 radical (unpaired) electrons. The SMILES string of the molecule is Cc1c(N)cnn1[C@H](C)C(=O)N(C)C. The minimum atomic E-state index is -0.303. The Labute approximate surface area is 83.5 Å². The molecule has 0 bridgehead atoms. The normalized spacial score (nSPS) is 12.6. The number of amides is 1. The minimum Gasteiger partial charge on any atom is -0.396 e. The summed E-state index contributed by atoms with van der Waals surface area (Å²) in [5.74, 6) is 0.0104. The Morgan fingerprint density at radius 1 is 1.64 bits per heavy atom. The van der Waals surface area contributed by atoms with E-state index in [1.54, 1.807) is 29.9 Å². The Morgan fingerprint density at radius 3 is 2.57 bits per heavy atom. The Bertz CT molecular complexity index is 343. The van der Waals surface area contributed by atoms with Crippen LogP contribution in [0.25, 0.3) is 0 Å². The average molecular weight is 196 g/mol. The standard InChI is InChI=1S/C9H16N4O/c1-6-8(10)5-11-13(6)7(2)9(14)12(3)4/h5,7H,10H2,1-4H3/t7-/m1/s1. The van der Waals surface area contributed by atoms with Gasteiger partial charge >= 0.3 is 0 Å². The van der Waals surface area contributed by atoms with Crippen LogP contribution in [0.15, 0.2) is 6.20 Å². The topological polar surface area (TPSA) is 64.1 Å². The van der Waals surface area contributed by atoms with E-state index in [0.717, 1.165) is 5.69 Å². The second-order valence-electron chi connectivity index (χ2n) is 3.54. The molecule has 14 heavy (non-hydrogen) atoms. The Morgan fingerprint density at radius 2 is 2.21 bits per heavy atom. The molecule has 1 atom stereocenters. The van der Waals surface area contributed by atoms with E-state index in [1.165, 1.54) is 0 Å². The van der Waals surface area contributed by atoms with E-state index in [1.807, 2.05) is 13.8 Å². The van der Waals surface area contributed by atoms with Gasteiger partial charge in [0.05, 0.1) is 17.6 Å². The maximum absolute atomic E-state index is 11.6. The number of nitrogen functional groups attached to an aromatic ring is 1. The van der Waals surface area contributed by atoms with Gasteiger partial charge in [-0.15, -0.1) is 0 Å². The summed E-state index contributed by atoms with van der Waals surface area (Å²) in [6.45, 7) is 3.66. The predicted molar refractivity (Wildman–Crippen MR) is 54.8 cm³/mol. The monoisotopic (exact) mass is 196 g/mol. The van der Waals surface area contributed by atoms with Crippen LogP contribution in [0.3, 0.4) is 0 Å². The molecule has 0 aliphatic carbocycles. The Kier molecular flexibility index (Phi) is 2.78. The van der Waals surface area contributed by atoms with Crippen LogP contribution in [0.2, 0.25) is 0 Å². The molecule has 0 unspecified atom stereocenters. The van der Waals surface area contributed by atoms with Crippen molar-refractivity contribution in [2.45, 2.75) is 19.9 Å². The summed E-state index contributed by atoms with van der Waals surface area (Å²) in [5, 5.41) is 4.06. The number of hydrogen-bond donors (Lipinski definition) is 1. The van der Waals surface area contributed by atoms with E-state index in [-0.39, 0.29) is 11.9 Å². The number of rotatable bonds is 2. The van der Waals surface area contributed by atoms with E-state index < -0.39 is 0 Å². The van der Waals surface area contributed by atoms with Gasteiger partial charge in [0.15, 0.2) is 0 Å². The van der Waals surface area contributed by atoms with Crippen molar-refractivity contribution in [1.82, 2.24) is 14.7 Å². The molecule has 2 N–H and O–H groups in total. The van der Waals surface area contributed by atoms with Crippen molar-refractivity contribution >= 4 is 11.6 Å². The molecule has 1 amide bonds. The van der Waals surface area contributed by atoms with Gasteiger partial charge < -0.3 is 10.6 Å². The zero-order chi connectivity index (χ0) is 10.9. The maximum atomic E-state index is 11.6. The van der Waals surface area contributed by atoms with Gasteiger partial charge in [-0.25, -0.2) is 0 Å². The fourth-order valence-electron chi connectivity index (χ4n) is 1.31. The van der Waals surface area contributed by atoms with E-state index >= 15 is 0 Å². The third-order valence-corrected chi connectivity index (χ3v) is 2.25. The summed E-state index contributed by atoms with van der Waals surface area (Å²) in [5.41, 5.74) is 7.09. The lowest BCUT2D eigenvalue weighted by Gasteiger charge is -2.18. The third-order valence-electron chi connectivity index (χ3n) is 2.25. The first-order valence-electron chi connectivity index (χ1n) is 4.46. The van der Waals surface area contributed by atoms with E-state index in [4.69, 9.17) is 5.73 Å². The zero-order valence-electron chi connectivity index (χ0n) is 8.98. The number of likely N-dealkylation sites (N-methyl/N-ethyl adjacent to an activating group) is 1. The summed E-state index contributed by atoms with van der Waals surface area (Å²) in [6, 6.07) is -0.303. The quantitative estimate of drug-likeness (QED) is 0.745. The molecule has 1 aromatic heterocycles. The molecule has 1 aromatic rings. The van der Waals surface area contributed by atoms with Crippen molar-refractivity contribution in [2.75, 3.05) is 19.8 Å². The van der Waals surface area contributed by atoms with Crippen LogP contribution < -0.4 is 5.73 Å². The van der Waals surface area contributed by atoms with Gasteiger partial charge in [-0.05, 0) is 13.8 Å². The fraction of sp³-hybridized carbons (Fsp3) is 0.556. The smallest absolute Gasteiger partial charge is 0.246 e. The lowest BCUT2D eigenvalue weighted by Crippen LogP contribution is -2.30. The lowest BCUT2D eigenvalue weighted by atomic mass is 10.3. The highest BCUT2D eigenvalue weighted by molar-refractivity contribution is 5.79. The van der Waals surface area contributed by atoms with Gasteiger partial charge in [0.1, 0.15) is 6.04 Å².